The summed E-state index contributed by atoms with van der Waals surface area (Å²) in [5, 5.41) is 4.23. The Kier molecular flexibility index (Phi) is 4.70. The van der Waals surface area contributed by atoms with Crippen LogP contribution in [0.4, 0.5) is 5.69 Å². The third kappa shape index (κ3) is 3.23. The van der Waals surface area contributed by atoms with Crippen LogP contribution in [-0.2, 0) is 7.05 Å². The molecular weight excluding hydrogens is 352 g/mol. The first kappa shape index (κ1) is 17.7. The van der Waals surface area contributed by atoms with E-state index in [1.165, 1.54) is 11.3 Å². The molecule has 4 rings (SSSR count). The second-order valence-electron chi connectivity index (χ2n) is 7.29. The molecule has 1 fully saturated rings. The number of hydrogen-bond donors (Lipinski definition) is 1. The van der Waals surface area contributed by atoms with E-state index in [2.05, 4.69) is 89.3 Å². The van der Waals surface area contributed by atoms with Crippen LogP contribution in [0.1, 0.15) is 48.8 Å². The Balaban J connectivity index is 1.79. The first-order valence-electron chi connectivity index (χ1n) is 9.28. The monoisotopic (exact) mass is 376 g/mol. The molecule has 0 saturated carbocycles. The van der Waals surface area contributed by atoms with Gasteiger partial charge in [0.2, 0.25) is 0 Å². The summed E-state index contributed by atoms with van der Waals surface area (Å²) in [4.78, 5) is 6.81. The average Bonchev–Trinajstić information content (AvgIpc) is 3.25. The number of anilines is 1. The number of benzene rings is 1. The molecule has 2 aromatic heterocycles. The van der Waals surface area contributed by atoms with Crippen LogP contribution < -0.4 is 10.2 Å². The molecule has 0 aliphatic carbocycles. The molecule has 0 bridgehead atoms. The summed E-state index contributed by atoms with van der Waals surface area (Å²) in [5.74, 6) is 0.507. The lowest BCUT2D eigenvalue weighted by Gasteiger charge is -2.28. The highest BCUT2D eigenvalue weighted by Gasteiger charge is 2.41. The lowest BCUT2D eigenvalue weighted by atomic mass is 10.00. The summed E-state index contributed by atoms with van der Waals surface area (Å²) in [5.41, 5.74) is 4.62. The van der Waals surface area contributed by atoms with Gasteiger partial charge in [-0.3, -0.25) is 4.98 Å². The highest BCUT2D eigenvalue weighted by Crippen LogP contribution is 2.41. The van der Waals surface area contributed by atoms with E-state index in [-0.39, 0.29) is 12.1 Å². The molecule has 2 unspecified atom stereocenters. The Morgan fingerprint density at radius 1 is 1.04 bits per heavy atom. The fourth-order valence-corrected chi connectivity index (χ4v) is 4.08. The van der Waals surface area contributed by atoms with E-state index in [0.717, 1.165) is 16.5 Å². The van der Waals surface area contributed by atoms with E-state index in [1.807, 2.05) is 18.3 Å². The second kappa shape index (κ2) is 7.16. The molecule has 138 valence electrons. The van der Waals surface area contributed by atoms with E-state index >= 15 is 0 Å². The van der Waals surface area contributed by atoms with Crippen LogP contribution >= 0.6 is 12.2 Å². The fraction of sp³-hybridized carbons (Fsp3) is 0.273. The van der Waals surface area contributed by atoms with Crippen molar-refractivity contribution >= 4 is 23.0 Å². The van der Waals surface area contributed by atoms with Crippen molar-refractivity contribution in [2.24, 2.45) is 7.05 Å². The Hall–Kier alpha value is -2.66. The van der Waals surface area contributed by atoms with Crippen molar-refractivity contribution in [2.75, 3.05) is 4.90 Å². The number of thiocarbonyl (C=S) groups is 1. The molecule has 4 nitrogen and oxygen atoms in total. The van der Waals surface area contributed by atoms with Gasteiger partial charge in [-0.2, -0.15) is 0 Å². The quantitative estimate of drug-likeness (QED) is 0.668. The number of nitrogens with one attached hydrogen (secondary N) is 1. The van der Waals surface area contributed by atoms with Gasteiger partial charge in [0.15, 0.2) is 5.11 Å². The standard InChI is InChI=1S/C22H24N4S/c1-15(2)16-9-11-17(12-10-16)26-21(19-8-6-14-25(19)3)20(24-22(26)27)18-7-4-5-13-23-18/h4-15,20-21H,1-3H3,(H,24,27). The van der Waals surface area contributed by atoms with Crippen LogP contribution in [0.5, 0.6) is 0 Å². The number of pyridine rings is 1. The zero-order chi connectivity index (χ0) is 19.0. The Bertz CT molecular complexity index is 930. The molecule has 1 aliphatic heterocycles. The van der Waals surface area contributed by atoms with Gasteiger partial charge in [0.1, 0.15) is 6.04 Å². The molecule has 1 aliphatic rings. The number of nitrogens with zero attached hydrogens (tertiary/aromatic N) is 3. The second-order valence-corrected chi connectivity index (χ2v) is 7.67. The van der Waals surface area contributed by atoms with Crippen molar-refractivity contribution in [1.82, 2.24) is 14.9 Å². The normalized spacial score (nSPS) is 19.6. The average molecular weight is 377 g/mol. The Morgan fingerprint density at radius 3 is 2.41 bits per heavy atom. The molecule has 3 heterocycles. The SMILES string of the molecule is CC(C)c1ccc(N2C(=S)NC(c3ccccn3)C2c2cccn2C)cc1. The van der Waals surface area contributed by atoms with Crippen LogP contribution in [-0.4, -0.2) is 14.7 Å². The maximum Gasteiger partial charge on any atom is 0.174 e. The summed E-state index contributed by atoms with van der Waals surface area (Å²) in [6.07, 6.45) is 3.91. The third-order valence-corrected chi connectivity index (χ3v) is 5.54. The molecule has 5 heteroatoms. The summed E-state index contributed by atoms with van der Waals surface area (Å²) in [6, 6.07) is 19.0. The van der Waals surface area contributed by atoms with Gasteiger partial charge in [-0.1, -0.05) is 32.0 Å². The lowest BCUT2D eigenvalue weighted by molar-refractivity contribution is 0.541. The van der Waals surface area contributed by atoms with Crippen LogP contribution in [0.2, 0.25) is 0 Å². The predicted molar refractivity (Wildman–Crippen MR) is 114 cm³/mol. The van der Waals surface area contributed by atoms with Gasteiger partial charge in [-0.05, 0) is 60.1 Å². The molecule has 0 amide bonds. The van der Waals surface area contributed by atoms with Crippen molar-refractivity contribution in [2.45, 2.75) is 31.8 Å². The largest absolute Gasteiger partial charge is 0.353 e. The van der Waals surface area contributed by atoms with Crippen molar-refractivity contribution < 1.29 is 0 Å². The molecule has 1 N–H and O–H groups in total. The highest BCUT2D eigenvalue weighted by molar-refractivity contribution is 7.80. The molecule has 1 aromatic carbocycles. The third-order valence-electron chi connectivity index (χ3n) is 5.22. The first-order chi connectivity index (χ1) is 13.1. The van der Waals surface area contributed by atoms with Crippen LogP contribution in [0.25, 0.3) is 0 Å². The van der Waals surface area contributed by atoms with E-state index in [9.17, 15) is 0 Å². The van der Waals surface area contributed by atoms with Crippen LogP contribution in [0.15, 0.2) is 67.0 Å². The molecule has 27 heavy (non-hydrogen) atoms. The van der Waals surface area contributed by atoms with Crippen molar-refractivity contribution in [3.05, 3.63) is 83.9 Å². The lowest BCUT2D eigenvalue weighted by Crippen LogP contribution is -2.30. The van der Waals surface area contributed by atoms with Crippen LogP contribution in [0.3, 0.4) is 0 Å². The minimum atomic E-state index is -0.00271. The summed E-state index contributed by atoms with van der Waals surface area (Å²) in [7, 11) is 2.08. The van der Waals surface area contributed by atoms with Gasteiger partial charge < -0.3 is 14.8 Å². The summed E-state index contributed by atoms with van der Waals surface area (Å²) < 4.78 is 2.16. The van der Waals surface area contributed by atoms with E-state index in [1.54, 1.807) is 0 Å². The van der Waals surface area contributed by atoms with Gasteiger partial charge >= 0.3 is 0 Å². The number of hydrogen-bond acceptors (Lipinski definition) is 2. The molecule has 0 spiro atoms. The zero-order valence-corrected chi connectivity index (χ0v) is 16.6. The summed E-state index contributed by atoms with van der Waals surface area (Å²) in [6.45, 7) is 4.42. The number of aryl methyl sites for hydroxylation is 1. The van der Waals surface area contributed by atoms with Crippen LogP contribution in [0, 0.1) is 0 Å². The molecule has 0 radical (unpaired) electrons. The van der Waals surface area contributed by atoms with E-state index in [4.69, 9.17) is 12.2 Å². The van der Waals surface area contributed by atoms with Gasteiger partial charge in [0, 0.05) is 30.8 Å². The van der Waals surface area contributed by atoms with Crippen molar-refractivity contribution in [1.29, 1.82) is 0 Å². The first-order valence-corrected chi connectivity index (χ1v) is 9.69. The maximum absolute atomic E-state index is 5.76. The predicted octanol–water partition coefficient (Wildman–Crippen LogP) is 4.72. The van der Waals surface area contributed by atoms with E-state index < -0.39 is 0 Å². The fourth-order valence-electron chi connectivity index (χ4n) is 3.73. The molecular formula is C22H24N4S. The minimum Gasteiger partial charge on any atom is -0.353 e. The molecule has 2 atom stereocenters. The topological polar surface area (TPSA) is 33.1 Å². The van der Waals surface area contributed by atoms with Crippen molar-refractivity contribution in [3.63, 3.8) is 0 Å². The van der Waals surface area contributed by atoms with Gasteiger partial charge in [0.25, 0.3) is 0 Å². The number of rotatable bonds is 4. The molecule has 1 saturated heterocycles. The Morgan fingerprint density at radius 2 is 1.81 bits per heavy atom. The molecule has 3 aromatic rings. The smallest absolute Gasteiger partial charge is 0.174 e. The zero-order valence-electron chi connectivity index (χ0n) is 15.8. The van der Waals surface area contributed by atoms with Gasteiger partial charge in [-0.25, -0.2) is 0 Å². The Labute approximate surface area is 165 Å². The summed E-state index contributed by atoms with van der Waals surface area (Å²) >= 11 is 5.76. The number of aromatic nitrogens is 2. The van der Waals surface area contributed by atoms with Gasteiger partial charge in [0.05, 0.1) is 11.7 Å². The minimum absolute atomic E-state index is 0.00271. The maximum atomic E-state index is 5.76. The van der Waals surface area contributed by atoms with Gasteiger partial charge in [-0.15, -0.1) is 0 Å². The van der Waals surface area contributed by atoms with Crippen molar-refractivity contribution in [3.8, 4) is 0 Å². The highest BCUT2D eigenvalue weighted by atomic mass is 32.1. The van der Waals surface area contributed by atoms with E-state index in [0.29, 0.717) is 5.92 Å².